The summed E-state index contributed by atoms with van der Waals surface area (Å²) in [5.74, 6) is -0.970. The molecule has 0 saturated heterocycles. The first-order chi connectivity index (χ1) is 8.20. The fourth-order valence-electron chi connectivity index (χ4n) is 1.79. The summed E-state index contributed by atoms with van der Waals surface area (Å²) in [4.78, 5) is 12.1. The summed E-state index contributed by atoms with van der Waals surface area (Å²) in [6, 6.07) is 15.5. The molecular weight excluding hydrogens is 215 g/mol. The molecule has 0 spiro atoms. The molecule has 0 saturated carbocycles. The molecule has 17 heavy (non-hydrogen) atoms. The second-order valence-corrected chi connectivity index (χ2v) is 3.98. The van der Waals surface area contributed by atoms with Gasteiger partial charge in [-0.3, -0.25) is 4.79 Å². The Bertz CT molecular complexity index is 519. The molecule has 0 N–H and O–H groups in total. The second-order valence-electron chi connectivity index (χ2n) is 3.98. The van der Waals surface area contributed by atoms with Gasteiger partial charge in [0.25, 0.3) is 0 Å². The Morgan fingerprint density at radius 2 is 1.59 bits per heavy atom. The normalized spacial score (nSPS) is 12.1. The van der Waals surface area contributed by atoms with Gasteiger partial charge in [-0.25, -0.2) is 4.39 Å². The first-order valence-corrected chi connectivity index (χ1v) is 5.54. The zero-order valence-corrected chi connectivity index (χ0v) is 9.56. The topological polar surface area (TPSA) is 17.1 Å². The molecule has 1 atom stereocenters. The van der Waals surface area contributed by atoms with Gasteiger partial charge in [0.05, 0.1) is 5.56 Å². The summed E-state index contributed by atoms with van der Waals surface area (Å²) in [6.45, 7) is 1.80. The summed E-state index contributed by atoms with van der Waals surface area (Å²) < 4.78 is 13.5. The van der Waals surface area contributed by atoms with Crippen molar-refractivity contribution in [1.82, 2.24) is 0 Å². The fraction of sp³-hybridized carbons (Fsp3) is 0.133. The molecule has 0 unspecified atom stereocenters. The Hall–Kier alpha value is -1.96. The van der Waals surface area contributed by atoms with Gasteiger partial charge in [-0.15, -0.1) is 0 Å². The molecule has 0 aliphatic heterocycles. The third-order valence-electron chi connectivity index (χ3n) is 2.83. The maximum absolute atomic E-state index is 13.5. The minimum atomic E-state index is -0.458. The van der Waals surface area contributed by atoms with E-state index in [1.54, 1.807) is 19.1 Å². The van der Waals surface area contributed by atoms with Crippen molar-refractivity contribution in [2.24, 2.45) is 0 Å². The van der Waals surface area contributed by atoms with Crippen molar-refractivity contribution in [3.63, 3.8) is 0 Å². The number of ketones is 1. The van der Waals surface area contributed by atoms with Crippen LogP contribution in [0.1, 0.15) is 28.8 Å². The van der Waals surface area contributed by atoms with Crippen molar-refractivity contribution in [1.29, 1.82) is 0 Å². The maximum atomic E-state index is 13.5. The van der Waals surface area contributed by atoms with Crippen molar-refractivity contribution < 1.29 is 9.18 Å². The zero-order chi connectivity index (χ0) is 12.3. The molecule has 2 aromatic rings. The van der Waals surface area contributed by atoms with E-state index in [0.717, 1.165) is 5.56 Å². The molecule has 86 valence electrons. The highest BCUT2D eigenvalue weighted by atomic mass is 19.1. The lowest BCUT2D eigenvalue weighted by Gasteiger charge is -2.11. The van der Waals surface area contributed by atoms with Crippen molar-refractivity contribution in [3.8, 4) is 0 Å². The largest absolute Gasteiger partial charge is 0.293 e. The van der Waals surface area contributed by atoms with E-state index >= 15 is 0 Å². The minimum Gasteiger partial charge on any atom is -0.293 e. The molecule has 0 amide bonds. The van der Waals surface area contributed by atoms with Crippen molar-refractivity contribution >= 4 is 5.78 Å². The Balaban J connectivity index is 2.30. The van der Waals surface area contributed by atoms with Gasteiger partial charge in [-0.1, -0.05) is 49.4 Å². The highest BCUT2D eigenvalue weighted by Crippen LogP contribution is 2.21. The molecule has 0 aromatic heterocycles. The van der Waals surface area contributed by atoms with Gasteiger partial charge in [0.1, 0.15) is 5.82 Å². The van der Waals surface area contributed by atoms with Crippen LogP contribution in [0.25, 0.3) is 0 Å². The molecule has 0 aliphatic carbocycles. The van der Waals surface area contributed by atoms with E-state index in [4.69, 9.17) is 0 Å². The maximum Gasteiger partial charge on any atom is 0.172 e. The average Bonchev–Trinajstić information content (AvgIpc) is 2.39. The van der Waals surface area contributed by atoms with E-state index in [-0.39, 0.29) is 17.3 Å². The van der Waals surface area contributed by atoms with Gasteiger partial charge >= 0.3 is 0 Å². The average molecular weight is 228 g/mol. The smallest absolute Gasteiger partial charge is 0.172 e. The molecular formula is C15H13FO. The molecule has 0 heterocycles. The molecule has 0 radical (unpaired) electrons. The van der Waals surface area contributed by atoms with Gasteiger partial charge in [0.2, 0.25) is 0 Å². The summed E-state index contributed by atoms with van der Waals surface area (Å²) in [6.07, 6.45) is 0. The van der Waals surface area contributed by atoms with Crippen molar-refractivity contribution in [2.45, 2.75) is 12.8 Å². The lowest BCUT2D eigenvalue weighted by atomic mass is 9.92. The number of hydrogen-bond acceptors (Lipinski definition) is 1. The van der Waals surface area contributed by atoms with Crippen LogP contribution in [0, 0.1) is 5.82 Å². The number of hydrogen-bond donors (Lipinski definition) is 0. The number of benzene rings is 2. The molecule has 0 fully saturated rings. The molecule has 2 rings (SSSR count). The highest BCUT2D eigenvalue weighted by molar-refractivity contribution is 6.00. The predicted molar refractivity (Wildman–Crippen MR) is 65.6 cm³/mol. The number of rotatable bonds is 3. The molecule has 1 nitrogen and oxygen atoms in total. The van der Waals surface area contributed by atoms with Crippen LogP contribution in [0.2, 0.25) is 0 Å². The van der Waals surface area contributed by atoms with Crippen LogP contribution in [0.15, 0.2) is 54.6 Å². The van der Waals surface area contributed by atoms with Gasteiger partial charge in [0, 0.05) is 5.92 Å². The van der Waals surface area contributed by atoms with Gasteiger partial charge in [0.15, 0.2) is 5.78 Å². The Morgan fingerprint density at radius 1 is 1.00 bits per heavy atom. The lowest BCUT2D eigenvalue weighted by Crippen LogP contribution is -2.11. The van der Waals surface area contributed by atoms with Crippen molar-refractivity contribution in [2.75, 3.05) is 0 Å². The zero-order valence-electron chi connectivity index (χ0n) is 9.56. The van der Waals surface area contributed by atoms with E-state index in [0.29, 0.717) is 0 Å². The lowest BCUT2D eigenvalue weighted by molar-refractivity contribution is 0.0962. The monoisotopic (exact) mass is 228 g/mol. The molecule has 2 heteroatoms. The SMILES string of the molecule is C[C@H](C(=O)c1ccccc1F)c1ccccc1. The summed E-state index contributed by atoms with van der Waals surface area (Å²) >= 11 is 0. The van der Waals surface area contributed by atoms with E-state index in [9.17, 15) is 9.18 Å². The molecule has 2 aromatic carbocycles. The fourth-order valence-corrected chi connectivity index (χ4v) is 1.79. The standard InChI is InChI=1S/C15H13FO/c1-11(12-7-3-2-4-8-12)15(17)13-9-5-6-10-14(13)16/h2-11H,1H3/t11-/m0/s1. The Morgan fingerprint density at radius 3 is 2.24 bits per heavy atom. The number of Topliss-reactive ketones (excluding diaryl/α,β-unsaturated/α-hetero) is 1. The number of carbonyl (C=O) groups is 1. The first kappa shape index (κ1) is 11.5. The quantitative estimate of drug-likeness (QED) is 0.730. The highest BCUT2D eigenvalue weighted by Gasteiger charge is 2.19. The van der Waals surface area contributed by atoms with Crippen LogP contribution in [0.4, 0.5) is 4.39 Å². The van der Waals surface area contributed by atoms with E-state index in [1.807, 2.05) is 30.3 Å². The summed E-state index contributed by atoms with van der Waals surface area (Å²) in [5, 5.41) is 0. The van der Waals surface area contributed by atoms with E-state index < -0.39 is 5.82 Å². The second kappa shape index (κ2) is 4.91. The van der Waals surface area contributed by atoms with E-state index in [1.165, 1.54) is 12.1 Å². The van der Waals surface area contributed by atoms with Crippen LogP contribution in [0.3, 0.4) is 0 Å². The van der Waals surface area contributed by atoms with Gasteiger partial charge in [-0.05, 0) is 17.7 Å². The van der Waals surface area contributed by atoms with Crippen LogP contribution in [-0.4, -0.2) is 5.78 Å². The Kier molecular flexibility index (Phi) is 3.33. The Labute approximate surface area is 99.9 Å². The number of carbonyl (C=O) groups excluding carboxylic acids is 1. The summed E-state index contributed by atoms with van der Waals surface area (Å²) in [5.41, 5.74) is 1.06. The molecule has 0 aliphatic rings. The first-order valence-electron chi connectivity index (χ1n) is 5.54. The van der Waals surface area contributed by atoms with Gasteiger partial charge < -0.3 is 0 Å². The third kappa shape index (κ3) is 2.41. The number of halogens is 1. The molecule has 0 bridgehead atoms. The minimum absolute atomic E-state index is 0.156. The van der Waals surface area contributed by atoms with E-state index in [2.05, 4.69) is 0 Å². The van der Waals surface area contributed by atoms with Crippen LogP contribution in [0.5, 0.6) is 0 Å². The van der Waals surface area contributed by atoms with Crippen LogP contribution < -0.4 is 0 Å². The van der Waals surface area contributed by atoms with Crippen molar-refractivity contribution in [3.05, 3.63) is 71.5 Å². The summed E-state index contributed by atoms with van der Waals surface area (Å²) in [7, 11) is 0. The predicted octanol–water partition coefficient (Wildman–Crippen LogP) is 3.81. The van der Waals surface area contributed by atoms with Crippen LogP contribution in [-0.2, 0) is 0 Å². The third-order valence-corrected chi connectivity index (χ3v) is 2.83. The van der Waals surface area contributed by atoms with Crippen LogP contribution >= 0.6 is 0 Å². The van der Waals surface area contributed by atoms with Gasteiger partial charge in [-0.2, -0.15) is 0 Å².